The normalized spacial score (nSPS) is 17.3. The molecule has 0 spiro atoms. The molecule has 3 N–H and O–H groups in total. The summed E-state index contributed by atoms with van der Waals surface area (Å²) in [6.45, 7) is 5.02. The molecular weight excluding hydrogens is 326 g/mol. The van der Waals surface area contributed by atoms with Crippen LogP contribution in [0, 0.1) is 0 Å². The molecule has 1 aliphatic rings. The van der Waals surface area contributed by atoms with E-state index in [1.54, 1.807) is 18.2 Å². The van der Waals surface area contributed by atoms with Crippen LogP contribution >= 0.6 is 0 Å². The summed E-state index contributed by atoms with van der Waals surface area (Å²) in [5, 5.41) is 2.82. The van der Waals surface area contributed by atoms with E-state index in [0.29, 0.717) is 25.2 Å². The van der Waals surface area contributed by atoms with Gasteiger partial charge in [-0.3, -0.25) is 4.79 Å². The van der Waals surface area contributed by atoms with Crippen LogP contribution < -0.4 is 11.1 Å². The molecule has 1 aromatic rings. The number of rotatable bonds is 5. The number of hydrogen-bond acceptors (Lipinski definition) is 4. The fourth-order valence-corrected chi connectivity index (χ4v) is 4.22. The van der Waals surface area contributed by atoms with E-state index >= 15 is 0 Å². The number of sulfonamides is 1. The third kappa shape index (κ3) is 4.55. The van der Waals surface area contributed by atoms with Gasteiger partial charge in [0.1, 0.15) is 0 Å². The molecule has 2 rings (SSSR count). The van der Waals surface area contributed by atoms with Crippen LogP contribution in [0.2, 0.25) is 0 Å². The van der Waals surface area contributed by atoms with Gasteiger partial charge in [0, 0.05) is 30.7 Å². The molecule has 1 aromatic carbocycles. The number of amides is 1. The summed E-state index contributed by atoms with van der Waals surface area (Å²) < 4.78 is 27.2. The van der Waals surface area contributed by atoms with Gasteiger partial charge in [-0.05, 0) is 44.9 Å². The number of carbonyl (C=O) groups is 1. The maximum absolute atomic E-state index is 12.8. The maximum atomic E-state index is 12.8. The molecule has 0 radical (unpaired) electrons. The molecule has 0 atom stereocenters. The minimum absolute atomic E-state index is 0.169. The molecule has 6 nitrogen and oxygen atoms in total. The molecule has 134 valence electrons. The fourth-order valence-electron chi connectivity index (χ4n) is 2.66. The second-order valence-corrected chi connectivity index (χ2v) is 8.83. The summed E-state index contributed by atoms with van der Waals surface area (Å²) in [7, 11) is -3.56. The topological polar surface area (TPSA) is 92.5 Å². The fraction of sp³-hybridized carbons (Fsp3) is 0.588. The molecule has 1 amide bonds. The average molecular weight is 353 g/mol. The molecule has 7 heteroatoms. The summed E-state index contributed by atoms with van der Waals surface area (Å²) in [5.74, 6) is -0.321. The van der Waals surface area contributed by atoms with E-state index in [2.05, 4.69) is 5.32 Å². The Kier molecular flexibility index (Phi) is 6.01. The Morgan fingerprint density at radius 2 is 1.83 bits per heavy atom. The number of nitrogens with zero attached hydrogens (tertiary/aromatic N) is 1. The van der Waals surface area contributed by atoms with Crippen molar-refractivity contribution in [3.63, 3.8) is 0 Å². The number of carbonyl (C=O) groups excluding carboxylic acids is 1. The van der Waals surface area contributed by atoms with E-state index in [9.17, 15) is 13.2 Å². The summed E-state index contributed by atoms with van der Waals surface area (Å²) >= 11 is 0. The highest BCUT2D eigenvalue weighted by Crippen LogP contribution is 2.21. The van der Waals surface area contributed by atoms with Crippen LogP contribution in [0.5, 0.6) is 0 Å². The van der Waals surface area contributed by atoms with Gasteiger partial charge in [-0.15, -0.1) is 0 Å². The smallest absolute Gasteiger partial charge is 0.251 e. The Morgan fingerprint density at radius 3 is 2.42 bits per heavy atom. The van der Waals surface area contributed by atoms with Crippen LogP contribution in [0.3, 0.4) is 0 Å². The lowest BCUT2D eigenvalue weighted by molar-refractivity contribution is 0.0915. The highest BCUT2D eigenvalue weighted by atomic mass is 32.2. The first-order chi connectivity index (χ1) is 11.3. The standard InChI is InChI=1S/C17H27N3O3S/c1-17(2,13-18)19-16(21)14-8-7-9-15(12-14)24(22,23)20-10-5-3-4-6-11-20/h7-9,12H,3-6,10-11,13,18H2,1-2H3,(H,19,21). The lowest BCUT2D eigenvalue weighted by Crippen LogP contribution is -2.48. The lowest BCUT2D eigenvalue weighted by atomic mass is 10.1. The van der Waals surface area contributed by atoms with Crippen LogP contribution in [-0.4, -0.2) is 43.8 Å². The number of hydrogen-bond donors (Lipinski definition) is 2. The van der Waals surface area contributed by atoms with Crippen LogP contribution in [0.15, 0.2) is 29.2 Å². The summed E-state index contributed by atoms with van der Waals surface area (Å²) in [4.78, 5) is 12.5. The molecule has 0 saturated carbocycles. The van der Waals surface area contributed by atoms with Gasteiger partial charge < -0.3 is 11.1 Å². The Bertz CT molecular complexity index is 678. The van der Waals surface area contributed by atoms with Gasteiger partial charge in [-0.1, -0.05) is 18.9 Å². The SMILES string of the molecule is CC(C)(CN)NC(=O)c1cccc(S(=O)(=O)N2CCCCCC2)c1. The predicted octanol–water partition coefficient (Wildman–Crippen LogP) is 1.72. The Balaban J connectivity index is 2.24. The summed E-state index contributed by atoms with van der Waals surface area (Å²) in [5.41, 5.74) is 5.41. The molecule has 1 heterocycles. The first-order valence-corrected chi connectivity index (χ1v) is 9.83. The predicted molar refractivity (Wildman–Crippen MR) is 94.3 cm³/mol. The molecule has 0 bridgehead atoms. The van der Waals surface area contributed by atoms with Crippen molar-refractivity contribution < 1.29 is 13.2 Å². The van der Waals surface area contributed by atoms with Gasteiger partial charge in [0.25, 0.3) is 5.91 Å². The van der Waals surface area contributed by atoms with Crippen LogP contribution in [0.25, 0.3) is 0 Å². The van der Waals surface area contributed by atoms with Crippen molar-refractivity contribution >= 4 is 15.9 Å². The Morgan fingerprint density at radius 1 is 1.21 bits per heavy atom. The van der Waals surface area contributed by atoms with Crippen molar-refractivity contribution in [2.45, 2.75) is 50.0 Å². The molecular formula is C17H27N3O3S. The largest absolute Gasteiger partial charge is 0.346 e. The molecule has 1 aliphatic heterocycles. The zero-order valence-corrected chi connectivity index (χ0v) is 15.2. The Labute approximate surface area is 144 Å². The van der Waals surface area contributed by atoms with E-state index in [1.807, 2.05) is 13.8 Å². The number of nitrogens with two attached hydrogens (primary N) is 1. The minimum Gasteiger partial charge on any atom is -0.346 e. The highest BCUT2D eigenvalue weighted by molar-refractivity contribution is 7.89. The maximum Gasteiger partial charge on any atom is 0.251 e. The van der Waals surface area contributed by atoms with Crippen molar-refractivity contribution in [3.8, 4) is 0 Å². The monoisotopic (exact) mass is 353 g/mol. The third-order valence-electron chi connectivity index (χ3n) is 4.26. The van der Waals surface area contributed by atoms with Crippen molar-refractivity contribution in [3.05, 3.63) is 29.8 Å². The number of nitrogens with one attached hydrogen (secondary N) is 1. The molecule has 0 aliphatic carbocycles. The van der Waals surface area contributed by atoms with Gasteiger partial charge in [-0.2, -0.15) is 4.31 Å². The van der Waals surface area contributed by atoms with Crippen LogP contribution in [0.4, 0.5) is 0 Å². The average Bonchev–Trinajstić information content (AvgIpc) is 2.84. The zero-order chi connectivity index (χ0) is 17.8. The zero-order valence-electron chi connectivity index (χ0n) is 14.4. The quantitative estimate of drug-likeness (QED) is 0.843. The highest BCUT2D eigenvalue weighted by Gasteiger charge is 2.26. The van der Waals surface area contributed by atoms with Gasteiger partial charge in [0.2, 0.25) is 10.0 Å². The second kappa shape index (κ2) is 7.63. The van der Waals surface area contributed by atoms with E-state index in [0.717, 1.165) is 25.7 Å². The number of benzene rings is 1. The van der Waals surface area contributed by atoms with Crippen molar-refractivity contribution in [1.82, 2.24) is 9.62 Å². The van der Waals surface area contributed by atoms with E-state index in [4.69, 9.17) is 5.73 Å². The van der Waals surface area contributed by atoms with Crippen molar-refractivity contribution in [1.29, 1.82) is 0 Å². The first kappa shape index (κ1) is 18.9. The van der Waals surface area contributed by atoms with E-state index in [-0.39, 0.29) is 10.8 Å². The molecule has 24 heavy (non-hydrogen) atoms. The van der Waals surface area contributed by atoms with E-state index in [1.165, 1.54) is 10.4 Å². The van der Waals surface area contributed by atoms with Gasteiger partial charge in [0.05, 0.1) is 4.90 Å². The second-order valence-electron chi connectivity index (χ2n) is 6.89. The third-order valence-corrected chi connectivity index (χ3v) is 6.16. The molecule has 1 saturated heterocycles. The molecule has 1 fully saturated rings. The minimum atomic E-state index is -3.56. The summed E-state index contributed by atoms with van der Waals surface area (Å²) in [6.07, 6.45) is 3.87. The van der Waals surface area contributed by atoms with Gasteiger partial charge in [0.15, 0.2) is 0 Å². The summed E-state index contributed by atoms with van der Waals surface area (Å²) in [6, 6.07) is 6.21. The lowest BCUT2D eigenvalue weighted by Gasteiger charge is -2.24. The van der Waals surface area contributed by atoms with Crippen molar-refractivity contribution in [2.24, 2.45) is 5.73 Å². The first-order valence-electron chi connectivity index (χ1n) is 8.39. The van der Waals surface area contributed by atoms with Gasteiger partial charge >= 0.3 is 0 Å². The molecule has 0 unspecified atom stereocenters. The van der Waals surface area contributed by atoms with Crippen LogP contribution in [0.1, 0.15) is 49.9 Å². The van der Waals surface area contributed by atoms with Crippen molar-refractivity contribution in [2.75, 3.05) is 19.6 Å². The van der Waals surface area contributed by atoms with E-state index < -0.39 is 15.6 Å². The molecule has 0 aromatic heterocycles. The van der Waals surface area contributed by atoms with Gasteiger partial charge in [-0.25, -0.2) is 8.42 Å². The Hall–Kier alpha value is -1.44. The van der Waals surface area contributed by atoms with Crippen LogP contribution in [-0.2, 0) is 10.0 Å².